The first-order valence-corrected chi connectivity index (χ1v) is 10.4. The molecule has 0 aliphatic heterocycles. The van der Waals surface area contributed by atoms with Gasteiger partial charge in [-0.15, -0.1) is 0 Å². The average molecular weight is 422 g/mol. The van der Waals surface area contributed by atoms with Gasteiger partial charge in [0.2, 0.25) is 0 Å². The zero-order chi connectivity index (χ0) is 22.3. The standard InChI is InChI=1S/C27H23N3O2/c1-19(20-11-13-23(14-12-20)30-26(31)22-15-17-28-18-16-22)29-27(32)25-10-6-5-9-24(25)21-7-3-2-4-8-21/h2-19H,1H3,(H,29,32)(H,30,31). The molecule has 5 nitrogen and oxygen atoms in total. The molecule has 2 N–H and O–H groups in total. The minimum Gasteiger partial charge on any atom is -0.345 e. The van der Waals surface area contributed by atoms with Crippen molar-refractivity contribution in [2.45, 2.75) is 13.0 Å². The van der Waals surface area contributed by atoms with Crippen LogP contribution in [0.2, 0.25) is 0 Å². The topological polar surface area (TPSA) is 71.1 Å². The highest BCUT2D eigenvalue weighted by Crippen LogP contribution is 2.24. The Morgan fingerprint density at radius 1 is 0.750 bits per heavy atom. The van der Waals surface area contributed by atoms with E-state index in [0.717, 1.165) is 16.7 Å². The van der Waals surface area contributed by atoms with Gasteiger partial charge in [-0.2, -0.15) is 0 Å². The Kier molecular flexibility index (Phi) is 6.37. The summed E-state index contributed by atoms with van der Waals surface area (Å²) in [6.45, 7) is 1.94. The van der Waals surface area contributed by atoms with E-state index in [1.807, 2.05) is 85.8 Å². The molecule has 1 heterocycles. The van der Waals surface area contributed by atoms with Gasteiger partial charge in [-0.1, -0.05) is 60.7 Å². The Balaban J connectivity index is 1.44. The van der Waals surface area contributed by atoms with E-state index in [2.05, 4.69) is 15.6 Å². The molecular formula is C27H23N3O2. The molecule has 1 unspecified atom stereocenters. The maximum atomic E-state index is 13.0. The number of anilines is 1. The van der Waals surface area contributed by atoms with Crippen molar-refractivity contribution in [1.29, 1.82) is 0 Å². The van der Waals surface area contributed by atoms with E-state index in [9.17, 15) is 9.59 Å². The predicted molar refractivity (Wildman–Crippen MR) is 126 cm³/mol. The number of carbonyl (C=O) groups is 2. The molecule has 4 aromatic rings. The van der Waals surface area contributed by atoms with Crippen LogP contribution in [-0.4, -0.2) is 16.8 Å². The van der Waals surface area contributed by atoms with Crippen molar-refractivity contribution in [3.05, 3.63) is 120 Å². The highest BCUT2D eigenvalue weighted by molar-refractivity contribution is 6.04. The number of aromatic nitrogens is 1. The number of pyridine rings is 1. The molecule has 3 aromatic carbocycles. The van der Waals surface area contributed by atoms with Crippen LogP contribution in [0.15, 0.2) is 103 Å². The lowest BCUT2D eigenvalue weighted by molar-refractivity contribution is 0.0940. The molecule has 2 amide bonds. The molecule has 0 bridgehead atoms. The minimum absolute atomic E-state index is 0.132. The Morgan fingerprint density at radius 2 is 1.41 bits per heavy atom. The monoisotopic (exact) mass is 421 g/mol. The molecule has 4 rings (SSSR count). The van der Waals surface area contributed by atoms with E-state index in [4.69, 9.17) is 0 Å². The van der Waals surface area contributed by atoms with Gasteiger partial charge in [-0.25, -0.2) is 0 Å². The Labute approximate surface area is 187 Å². The number of nitrogens with one attached hydrogen (secondary N) is 2. The first kappa shape index (κ1) is 21.0. The molecule has 158 valence electrons. The van der Waals surface area contributed by atoms with Crippen LogP contribution >= 0.6 is 0 Å². The molecule has 1 atom stereocenters. The molecule has 32 heavy (non-hydrogen) atoms. The summed E-state index contributed by atoms with van der Waals surface area (Å²) in [5, 5.41) is 5.94. The summed E-state index contributed by atoms with van der Waals surface area (Å²) >= 11 is 0. The number of hydrogen-bond donors (Lipinski definition) is 2. The van der Waals surface area contributed by atoms with E-state index in [1.54, 1.807) is 24.5 Å². The van der Waals surface area contributed by atoms with Gasteiger partial charge in [0, 0.05) is 29.2 Å². The predicted octanol–water partition coefficient (Wildman–Crippen LogP) is 5.49. The highest BCUT2D eigenvalue weighted by Gasteiger charge is 2.15. The normalized spacial score (nSPS) is 11.4. The van der Waals surface area contributed by atoms with Crippen LogP contribution in [0.3, 0.4) is 0 Å². The van der Waals surface area contributed by atoms with Crippen LogP contribution in [0, 0.1) is 0 Å². The summed E-state index contributed by atoms with van der Waals surface area (Å²) in [6, 6.07) is 28.0. The van der Waals surface area contributed by atoms with Crippen LogP contribution < -0.4 is 10.6 Å². The van der Waals surface area contributed by atoms with Crippen molar-refractivity contribution in [1.82, 2.24) is 10.3 Å². The van der Waals surface area contributed by atoms with Gasteiger partial charge >= 0.3 is 0 Å². The van der Waals surface area contributed by atoms with Gasteiger partial charge in [0.15, 0.2) is 0 Å². The largest absolute Gasteiger partial charge is 0.345 e. The average Bonchev–Trinajstić information content (AvgIpc) is 2.85. The van der Waals surface area contributed by atoms with Gasteiger partial charge in [0.25, 0.3) is 11.8 Å². The van der Waals surface area contributed by atoms with Crippen molar-refractivity contribution in [2.75, 3.05) is 5.32 Å². The van der Waals surface area contributed by atoms with Gasteiger partial charge in [0.1, 0.15) is 0 Å². The Morgan fingerprint density at radius 3 is 2.12 bits per heavy atom. The molecule has 0 saturated carbocycles. The Bertz CT molecular complexity index is 1210. The fourth-order valence-corrected chi connectivity index (χ4v) is 3.47. The summed E-state index contributed by atoms with van der Waals surface area (Å²) < 4.78 is 0. The van der Waals surface area contributed by atoms with Crippen molar-refractivity contribution in [3.8, 4) is 11.1 Å². The van der Waals surface area contributed by atoms with Crippen molar-refractivity contribution in [2.24, 2.45) is 0 Å². The van der Waals surface area contributed by atoms with Crippen molar-refractivity contribution < 1.29 is 9.59 Å². The van der Waals surface area contributed by atoms with Gasteiger partial charge in [0.05, 0.1) is 6.04 Å². The zero-order valence-corrected chi connectivity index (χ0v) is 17.7. The van der Waals surface area contributed by atoms with Crippen LogP contribution in [0.1, 0.15) is 39.2 Å². The molecule has 0 aliphatic carbocycles. The lowest BCUT2D eigenvalue weighted by Gasteiger charge is -2.17. The van der Waals surface area contributed by atoms with Crippen LogP contribution in [-0.2, 0) is 0 Å². The molecule has 0 radical (unpaired) electrons. The molecule has 0 saturated heterocycles. The van der Waals surface area contributed by atoms with E-state index in [0.29, 0.717) is 16.8 Å². The number of rotatable bonds is 6. The summed E-state index contributed by atoms with van der Waals surface area (Å²) in [5.41, 5.74) is 4.70. The number of benzene rings is 3. The molecule has 0 aliphatic rings. The molecule has 1 aromatic heterocycles. The second kappa shape index (κ2) is 9.71. The zero-order valence-electron chi connectivity index (χ0n) is 17.7. The third kappa shape index (κ3) is 4.90. The van der Waals surface area contributed by atoms with Crippen molar-refractivity contribution in [3.63, 3.8) is 0 Å². The second-order valence-corrected chi connectivity index (χ2v) is 7.42. The number of carbonyl (C=O) groups excluding carboxylic acids is 2. The van der Waals surface area contributed by atoms with E-state index >= 15 is 0 Å². The maximum Gasteiger partial charge on any atom is 0.255 e. The van der Waals surface area contributed by atoms with Crippen LogP contribution in [0.5, 0.6) is 0 Å². The number of amides is 2. The lowest BCUT2D eigenvalue weighted by Crippen LogP contribution is -2.27. The van der Waals surface area contributed by atoms with E-state index in [-0.39, 0.29) is 17.9 Å². The number of nitrogens with zero attached hydrogens (tertiary/aromatic N) is 1. The third-order valence-corrected chi connectivity index (χ3v) is 5.22. The fourth-order valence-electron chi connectivity index (χ4n) is 3.47. The first-order valence-electron chi connectivity index (χ1n) is 10.4. The quantitative estimate of drug-likeness (QED) is 0.432. The second-order valence-electron chi connectivity index (χ2n) is 7.42. The van der Waals surface area contributed by atoms with Gasteiger partial charge in [-0.05, 0) is 53.9 Å². The third-order valence-electron chi connectivity index (χ3n) is 5.22. The molecule has 0 fully saturated rings. The number of hydrogen-bond acceptors (Lipinski definition) is 3. The lowest BCUT2D eigenvalue weighted by atomic mass is 9.98. The summed E-state index contributed by atoms with van der Waals surface area (Å²) in [4.78, 5) is 29.2. The Hall–Kier alpha value is -4.25. The van der Waals surface area contributed by atoms with E-state index in [1.165, 1.54) is 0 Å². The summed E-state index contributed by atoms with van der Waals surface area (Å²) in [6.07, 6.45) is 3.16. The molecule has 0 spiro atoms. The van der Waals surface area contributed by atoms with Crippen LogP contribution in [0.4, 0.5) is 5.69 Å². The van der Waals surface area contributed by atoms with Gasteiger partial charge in [-0.3, -0.25) is 14.6 Å². The summed E-state index contributed by atoms with van der Waals surface area (Å²) in [5.74, 6) is -0.328. The van der Waals surface area contributed by atoms with Gasteiger partial charge < -0.3 is 10.6 Å². The van der Waals surface area contributed by atoms with Crippen LogP contribution in [0.25, 0.3) is 11.1 Å². The molecule has 5 heteroatoms. The summed E-state index contributed by atoms with van der Waals surface area (Å²) in [7, 11) is 0. The van der Waals surface area contributed by atoms with E-state index < -0.39 is 0 Å². The van der Waals surface area contributed by atoms with Crippen molar-refractivity contribution >= 4 is 17.5 Å². The minimum atomic E-state index is -0.198. The SMILES string of the molecule is CC(NC(=O)c1ccccc1-c1ccccc1)c1ccc(NC(=O)c2ccncc2)cc1. The maximum absolute atomic E-state index is 13.0. The highest BCUT2D eigenvalue weighted by atomic mass is 16.2. The molecular weight excluding hydrogens is 398 g/mol. The fraction of sp³-hybridized carbons (Fsp3) is 0.0741. The smallest absolute Gasteiger partial charge is 0.255 e. The first-order chi connectivity index (χ1) is 15.6.